The first-order chi connectivity index (χ1) is 17.8. The standard InChI is InChI=1S/C26H42N2O8S/c1-5-34-23(29)16-37-20-12-21(24(30)35-6-2)27(15-20)13-17-8-9-18-14-28(26(32)33-4)22(11-19(18)10-17)25(31)36-7-3/h17-22H,5-16H2,1-4H3/t17?,18?,19?,20-,21-,22?/m0/s1. The molecule has 3 fully saturated rings. The van der Waals surface area contributed by atoms with E-state index in [1.165, 1.54) is 12.0 Å². The number of esters is 3. The van der Waals surface area contributed by atoms with Crippen LogP contribution in [0, 0.1) is 17.8 Å². The maximum Gasteiger partial charge on any atom is 0.410 e. The zero-order valence-corrected chi connectivity index (χ0v) is 23.3. The van der Waals surface area contributed by atoms with E-state index >= 15 is 0 Å². The van der Waals surface area contributed by atoms with Crippen molar-refractivity contribution >= 4 is 35.8 Å². The number of rotatable bonds is 10. The van der Waals surface area contributed by atoms with Gasteiger partial charge in [-0.25, -0.2) is 9.59 Å². The Bertz CT molecular complexity index is 811. The van der Waals surface area contributed by atoms with Gasteiger partial charge in [0.1, 0.15) is 12.1 Å². The Labute approximate surface area is 224 Å². The number of carbonyl (C=O) groups is 4. The normalized spacial score (nSPS) is 29.8. The minimum absolute atomic E-state index is 0.159. The molecule has 2 aliphatic heterocycles. The predicted octanol–water partition coefficient (Wildman–Crippen LogP) is 2.73. The van der Waals surface area contributed by atoms with E-state index in [-0.39, 0.29) is 41.6 Å². The highest BCUT2D eigenvalue weighted by atomic mass is 32.2. The summed E-state index contributed by atoms with van der Waals surface area (Å²) < 4.78 is 20.6. The molecule has 1 amide bonds. The second-order valence-corrected chi connectivity index (χ2v) is 11.3. The Balaban J connectivity index is 1.63. The fraction of sp³-hybridized carbons (Fsp3) is 0.846. The van der Waals surface area contributed by atoms with Crippen LogP contribution in [0.25, 0.3) is 0 Å². The van der Waals surface area contributed by atoms with Crippen LogP contribution in [0.5, 0.6) is 0 Å². The monoisotopic (exact) mass is 542 g/mol. The van der Waals surface area contributed by atoms with Gasteiger partial charge in [0.25, 0.3) is 0 Å². The molecule has 0 aromatic heterocycles. The lowest BCUT2D eigenvalue weighted by atomic mass is 9.69. The number of nitrogens with zero attached hydrogens (tertiary/aromatic N) is 2. The third-order valence-corrected chi connectivity index (χ3v) is 8.92. The van der Waals surface area contributed by atoms with Crippen LogP contribution in [0.2, 0.25) is 0 Å². The molecule has 2 heterocycles. The Hall–Kier alpha value is -2.01. The largest absolute Gasteiger partial charge is 0.465 e. The molecule has 0 aromatic rings. The summed E-state index contributed by atoms with van der Waals surface area (Å²) in [5.41, 5.74) is 0. The highest BCUT2D eigenvalue weighted by Crippen LogP contribution is 2.42. The first kappa shape index (κ1) is 29.5. The number of amides is 1. The van der Waals surface area contributed by atoms with Crippen LogP contribution < -0.4 is 0 Å². The second-order valence-electron chi connectivity index (χ2n) is 10.0. The van der Waals surface area contributed by atoms with Crippen molar-refractivity contribution in [3.05, 3.63) is 0 Å². The number of methoxy groups -OCH3 is 1. The highest BCUT2D eigenvalue weighted by molar-refractivity contribution is 8.00. The van der Waals surface area contributed by atoms with Crippen LogP contribution in [0.1, 0.15) is 52.9 Å². The molecule has 11 heteroatoms. The van der Waals surface area contributed by atoms with Gasteiger partial charge >= 0.3 is 24.0 Å². The summed E-state index contributed by atoms with van der Waals surface area (Å²) in [5, 5.41) is 0.159. The summed E-state index contributed by atoms with van der Waals surface area (Å²) >= 11 is 1.54. The minimum Gasteiger partial charge on any atom is -0.465 e. The third kappa shape index (κ3) is 7.75. The van der Waals surface area contributed by atoms with Gasteiger partial charge in [-0.1, -0.05) is 0 Å². The smallest absolute Gasteiger partial charge is 0.410 e. The number of ether oxygens (including phenoxy) is 4. The van der Waals surface area contributed by atoms with Crippen LogP contribution in [0.15, 0.2) is 0 Å². The van der Waals surface area contributed by atoms with E-state index in [0.717, 1.165) is 32.4 Å². The summed E-state index contributed by atoms with van der Waals surface area (Å²) in [5.74, 6) is 0.452. The maximum atomic E-state index is 12.8. The van der Waals surface area contributed by atoms with Crippen molar-refractivity contribution in [2.45, 2.75) is 70.2 Å². The highest BCUT2D eigenvalue weighted by Gasteiger charge is 2.46. The first-order valence-corrected chi connectivity index (χ1v) is 14.5. The van der Waals surface area contributed by atoms with Crippen molar-refractivity contribution in [1.29, 1.82) is 0 Å². The average molecular weight is 543 g/mol. The van der Waals surface area contributed by atoms with Crippen molar-refractivity contribution < 1.29 is 38.1 Å². The molecule has 0 N–H and O–H groups in total. The summed E-state index contributed by atoms with van der Waals surface area (Å²) in [6.45, 7) is 8.31. The number of likely N-dealkylation sites (tertiary alicyclic amines) is 2. The lowest BCUT2D eigenvalue weighted by Gasteiger charge is -2.46. The van der Waals surface area contributed by atoms with E-state index in [1.807, 2.05) is 6.92 Å². The van der Waals surface area contributed by atoms with Gasteiger partial charge in [-0.2, -0.15) is 0 Å². The van der Waals surface area contributed by atoms with Crippen molar-refractivity contribution in [1.82, 2.24) is 9.80 Å². The molecule has 0 aromatic carbocycles. The maximum absolute atomic E-state index is 12.8. The van der Waals surface area contributed by atoms with Crippen LogP contribution in [-0.4, -0.2) is 103 Å². The summed E-state index contributed by atoms with van der Waals surface area (Å²) in [6.07, 6.45) is 3.61. The molecule has 3 rings (SSSR count). The van der Waals surface area contributed by atoms with Gasteiger partial charge in [0, 0.05) is 24.9 Å². The molecule has 4 unspecified atom stereocenters. The number of thioether (sulfide) groups is 1. The molecule has 0 radical (unpaired) electrons. The minimum atomic E-state index is -0.630. The number of hydrogen-bond acceptors (Lipinski definition) is 10. The Morgan fingerprint density at radius 2 is 1.49 bits per heavy atom. The molecule has 210 valence electrons. The fourth-order valence-electron chi connectivity index (χ4n) is 6.08. The Morgan fingerprint density at radius 1 is 0.811 bits per heavy atom. The summed E-state index contributed by atoms with van der Waals surface area (Å²) in [4.78, 5) is 53.4. The zero-order chi connectivity index (χ0) is 26.9. The molecule has 0 spiro atoms. The molecule has 6 atom stereocenters. The van der Waals surface area contributed by atoms with Gasteiger partial charge in [-0.05, 0) is 70.6 Å². The number of hydrogen-bond donors (Lipinski definition) is 0. The quantitative estimate of drug-likeness (QED) is 0.302. The third-order valence-electron chi connectivity index (χ3n) is 7.71. The Morgan fingerprint density at radius 3 is 2.14 bits per heavy atom. The van der Waals surface area contributed by atoms with E-state index in [1.54, 1.807) is 25.6 Å². The molecule has 3 aliphatic rings. The van der Waals surface area contributed by atoms with Gasteiger partial charge in [0.15, 0.2) is 0 Å². The van der Waals surface area contributed by atoms with Crippen LogP contribution in [-0.2, 0) is 33.3 Å². The number of piperidine rings is 1. The van der Waals surface area contributed by atoms with E-state index in [0.29, 0.717) is 50.4 Å². The first-order valence-electron chi connectivity index (χ1n) is 13.5. The fourth-order valence-corrected chi connectivity index (χ4v) is 7.15. The van der Waals surface area contributed by atoms with Crippen LogP contribution in [0.3, 0.4) is 0 Å². The SMILES string of the molecule is CCOC(=O)CS[C@H]1C[C@@H](C(=O)OCC)N(CC2CCC3CN(C(=O)OC)C(C(=O)OCC)CC3C2)C1. The summed E-state index contributed by atoms with van der Waals surface area (Å²) in [6, 6.07) is -0.944. The van der Waals surface area contributed by atoms with Gasteiger partial charge < -0.3 is 18.9 Å². The van der Waals surface area contributed by atoms with E-state index in [4.69, 9.17) is 18.9 Å². The molecule has 0 bridgehead atoms. The lowest BCUT2D eigenvalue weighted by Crippen LogP contribution is -2.55. The van der Waals surface area contributed by atoms with Gasteiger partial charge in [-0.3, -0.25) is 19.4 Å². The van der Waals surface area contributed by atoms with E-state index < -0.39 is 12.1 Å². The van der Waals surface area contributed by atoms with Gasteiger partial charge in [0.2, 0.25) is 0 Å². The number of carbonyl (C=O) groups excluding carboxylic acids is 4. The van der Waals surface area contributed by atoms with Crippen molar-refractivity contribution in [2.24, 2.45) is 17.8 Å². The van der Waals surface area contributed by atoms with E-state index in [9.17, 15) is 19.2 Å². The Kier molecular flexibility index (Phi) is 11.4. The molecular weight excluding hydrogens is 500 g/mol. The van der Waals surface area contributed by atoms with Crippen molar-refractivity contribution in [3.63, 3.8) is 0 Å². The van der Waals surface area contributed by atoms with E-state index in [2.05, 4.69) is 4.90 Å². The predicted molar refractivity (Wildman–Crippen MR) is 138 cm³/mol. The lowest BCUT2D eigenvalue weighted by molar-refractivity contribution is -0.153. The van der Waals surface area contributed by atoms with Gasteiger partial charge in [0.05, 0.1) is 32.7 Å². The molecular formula is C26H42N2O8S. The number of fused-ring (bicyclic) bond motifs is 1. The summed E-state index contributed by atoms with van der Waals surface area (Å²) in [7, 11) is 1.34. The zero-order valence-electron chi connectivity index (χ0n) is 22.5. The van der Waals surface area contributed by atoms with Crippen molar-refractivity contribution in [3.8, 4) is 0 Å². The van der Waals surface area contributed by atoms with Crippen molar-refractivity contribution in [2.75, 3.05) is 52.3 Å². The molecule has 37 heavy (non-hydrogen) atoms. The molecule has 1 saturated carbocycles. The topological polar surface area (TPSA) is 112 Å². The molecule has 1 aliphatic carbocycles. The van der Waals surface area contributed by atoms with Crippen LogP contribution >= 0.6 is 11.8 Å². The second kappa shape index (κ2) is 14.2. The molecule has 10 nitrogen and oxygen atoms in total. The van der Waals surface area contributed by atoms with Crippen LogP contribution in [0.4, 0.5) is 4.79 Å². The average Bonchev–Trinajstić information content (AvgIpc) is 3.29. The molecule has 2 saturated heterocycles. The van der Waals surface area contributed by atoms with Gasteiger partial charge in [-0.15, -0.1) is 11.8 Å².